The Labute approximate surface area is 153 Å². The van der Waals surface area contributed by atoms with Gasteiger partial charge in [0.15, 0.2) is 5.96 Å². The minimum atomic E-state index is -0.244. The first-order valence-electron chi connectivity index (χ1n) is 8.58. The van der Waals surface area contributed by atoms with E-state index in [1.165, 1.54) is 19.3 Å². The molecule has 0 amide bonds. The topological polar surface area (TPSA) is 70.6 Å². The number of hydrogen-bond donors (Lipinski definition) is 3. The Morgan fingerprint density at radius 3 is 2.59 bits per heavy atom. The van der Waals surface area contributed by atoms with Gasteiger partial charge in [-0.15, -0.1) is 24.0 Å². The molecule has 0 saturated heterocycles. The molecule has 0 spiro atoms. The van der Waals surface area contributed by atoms with Crippen molar-refractivity contribution >= 4 is 29.9 Å². The summed E-state index contributed by atoms with van der Waals surface area (Å²) < 4.78 is 0. The summed E-state index contributed by atoms with van der Waals surface area (Å²) in [6.45, 7) is 9.40. The maximum Gasteiger partial charge on any atom is 0.188 e. The lowest BCUT2D eigenvalue weighted by atomic mass is 9.73. The molecular formula is C17H36IN3O. The van der Waals surface area contributed by atoms with Gasteiger partial charge < -0.3 is 16.2 Å². The molecular weight excluding hydrogens is 389 g/mol. The van der Waals surface area contributed by atoms with Crippen LogP contribution < -0.4 is 11.1 Å². The van der Waals surface area contributed by atoms with Crippen LogP contribution in [0.25, 0.3) is 0 Å². The fourth-order valence-corrected chi connectivity index (χ4v) is 3.03. The van der Waals surface area contributed by atoms with Crippen molar-refractivity contribution in [3.63, 3.8) is 0 Å². The summed E-state index contributed by atoms with van der Waals surface area (Å²) in [7, 11) is 0. The van der Waals surface area contributed by atoms with Crippen molar-refractivity contribution in [3.8, 4) is 0 Å². The van der Waals surface area contributed by atoms with E-state index in [-0.39, 0.29) is 35.5 Å². The fourth-order valence-electron chi connectivity index (χ4n) is 3.03. The molecule has 0 bridgehead atoms. The molecule has 1 aliphatic rings. The maximum absolute atomic E-state index is 10.2. The van der Waals surface area contributed by atoms with Gasteiger partial charge in [0.25, 0.3) is 0 Å². The molecule has 0 aromatic rings. The van der Waals surface area contributed by atoms with Crippen LogP contribution in [0.3, 0.4) is 0 Å². The summed E-state index contributed by atoms with van der Waals surface area (Å²) in [6.07, 6.45) is 7.59. The Balaban J connectivity index is 0.00000441. The van der Waals surface area contributed by atoms with Crippen molar-refractivity contribution in [2.75, 3.05) is 6.54 Å². The largest absolute Gasteiger partial charge is 0.392 e. The van der Waals surface area contributed by atoms with Gasteiger partial charge in [-0.3, -0.25) is 4.99 Å². The Kier molecular flexibility index (Phi) is 10.7. The zero-order chi connectivity index (χ0) is 15.9. The monoisotopic (exact) mass is 425 g/mol. The van der Waals surface area contributed by atoms with Crippen molar-refractivity contribution in [1.82, 2.24) is 5.32 Å². The first-order valence-corrected chi connectivity index (χ1v) is 8.58. The van der Waals surface area contributed by atoms with E-state index in [9.17, 15) is 5.11 Å². The molecule has 1 aliphatic carbocycles. The van der Waals surface area contributed by atoms with Crippen LogP contribution in [0.1, 0.15) is 72.6 Å². The highest BCUT2D eigenvalue weighted by molar-refractivity contribution is 14.0. The second-order valence-corrected chi connectivity index (χ2v) is 7.49. The smallest absolute Gasteiger partial charge is 0.188 e. The molecule has 4 nitrogen and oxygen atoms in total. The van der Waals surface area contributed by atoms with Gasteiger partial charge >= 0.3 is 0 Å². The molecule has 5 heteroatoms. The van der Waals surface area contributed by atoms with Crippen molar-refractivity contribution in [3.05, 3.63) is 0 Å². The molecule has 3 atom stereocenters. The standard InChI is InChI=1S/C17H35N3O.HI/c1-13(2)8-7-9-14(3)20-16(18)19-12-17(4)11-6-5-10-15(17)21;/h13-15,21H,5-12H2,1-4H3,(H3,18,19,20);1H. The highest BCUT2D eigenvalue weighted by Crippen LogP contribution is 2.36. The van der Waals surface area contributed by atoms with E-state index in [0.29, 0.717) is 18.5 Å². The Hall–Kier alpha value is -0.0400. The SMILES string of the molecule is CC(C)CCCC(C)NC(N)=NCC1(C)CCCCC1O.I. The van der Waals surface area contributed by atoms with Gasteiger partial charge in [-0.2, -0.15) is 0 Å². The molecule has 0 radical (unpaired) electrons. The molecule has 4 N–H and O–H groups in total. The number of hydrogen-bond acceptors (Lipinski definition) is 2. The Morgan fingerprint density at radius 1 is 1.32 bits per heavy atom. The third-order valence-electron chi connectivity index (χ3n) is 4.70. The van der Waals surface area contributed by atoms with E-state index >= 15 is 0 Å². The first kappa shape index (κ1) is 22.0. The molecule has 1 rings (SSSR count). The number of aliphatic hydroxyl groups excluding tert-OH is 1. The molecule has 0 heterocycles. The Bertz CT molecular complexity index is 336. The summed E-state index contributed by atoms with van der Waals surface area (Å²) in [6, 6.07) is 0.358. The normalized spacial score (nSPS) is 27.4. The molecule has 132 valence electrons. The lowest BCUT2D eigenvalue weighted by molar-refractivity contribution is 0.00719. The molecule has 0 aromatic heterocycles. The summed E-state index contributed by atoms with van der Waals surface area (Å²) >= 11 is 0. The quantitative estimate of drug-likeness (QED) is 0.331. The van der Waals surface area contributed by atoms with Crippen molar-refractivity contribution < 1.29 is 5.11 Å². The number of halogens is 1. The number of nitrogens with two attached hydrogens (primary N) is 1. The zero-order valence-electron chi connectivity index (χ0n) is 14.8. The summed E-state index contributed by atoms with van der Waals surface area (Å²) in [5.74, 6) is 1.28. The number of aliphatic imine (C=N–C) groups is 1. The zero-order valence-corrected chi connectivity index (χ0v) is 17.1. The number of guanidine groups is 1. The Morgan fingerprint density at radius 2 is 2.00 bits per heavy atom. The second-order valence-electron chi connectivity index (χ2n) is 7.49. The van der Waals surface area contributed by atoms with E-state index in [4.69, 9.17) is 5.73 Å². The predicted molar refractivity (Wildman–Crippen MR) is 106 cm³/mol. The number of aliphatic hydroxyl groups is 1. The van der Waals surface area contributed by atoms with Gasteiger partial charge in [-0.05, 0) is 32.1 Å². The maximum atomic E-state index is 10.2. The lowest BCUT2D eigenvalue weighted by Crippen LogP contribution is -2.42. The van der Waals surface area contributed by atoms with Crippen LogP contribution in [0.5, 0.6) is 0 Å². The first-order chi connectivity index (χ1) is 9.83. The van der Waals surface area contributed by atoms with Crippen LogP contribution in [-0.2, 0) is 0 Å². The van der Waals surface area contributed by atoms with E-state index in [2.05, 4.69) is 38.0 Å². The minimum absolute atomic E-state index is 0. The lowest BCUT2D eigenvalue weighted by Gasteiger charge is -2.37. The summed E-state index contributed by atoms with van der Waals surface area (Å²) in [4.78, 5) is 4.48. The van der Waals surface area contributed by atoms with Crippen LogP contribution in [0.2, 0.25) is 0 Å². The minimum Gasteiger partial charge on any atom is -0.392 e. The predicted octanol–water partition coefficient (Wildman–Crippen LogP) is 3.66. The summed E-state index contributed by atoms with van der Waals surface area (Å²) in [5, 5.41) is 13.4. The molecule has 1 saturated carbocycles. The van der Waals surface area contributed by atoms with Crippen LogP contribution >= 0.6 is 24.0 Å². The van der Waals surface area contributed by atoms with Gasteiger partial charge in [-0.1, -0.05) is 46.5 Å². The van der Waals surface area contributed by atoms with Gasteiger partial charge in [-0.25, -0.2) is 0 Å². The van der Waals surface area contributed by atoms with Crippen LogP contribution in [0.15, 0.2) is 4.99 Å². The van der Waals surface area contributed by atoms with Gasteiger partial charge in [0.05, 0.1) is 12.6 Å². The third kappa shape index (κ3) is 7.99. The van der Waals surface area contributed by atoms with Crippen molar-refractivity contribution in [1.29, 1.82) is 0 Å². The average molecular weight is 425 g/mol. The van der Waals surface area contributed by atoms with E-state index in [1.54, 1.807) is 0 Å². The summed E-state index contributed by atoms with van der Waals surface area (Å²) in [5.41, 5.74) is 5.88. The average Bonchev–Trinajstić information content (AvgIpc) is 2.40. The highest BCUT2D eigenvalue weighted by Gasteiger charge is 2.35. The van der Waals surface area contributed by atoms with Crippen LogP contribution in [0, 0.1) is 11.3 Å². The third-order valence-corrected chi connectivity index (χ3v) is 4.70. The molecule has 0 aromatic carbocycles. The number of nitrogens with one attached hydrogen (secondary N) is 1. The molecule has 22 heavy (non-hydrogen) atoms. The van der Waals surface area contributed by atoms with Gasteiger partial charge in [0.1, 0.15) is 0 Å². The van der Waals surface area contributed by atoms with Gasteiger partial charge in [0, 0.05) is 11.5 Å². The van der Waals surface area contributed by atoms with E-state index in [0.717, 1.165) is 31.6 Å². The molecule has 0 aliphatic heterocycles. The molecule has 1 fully saturated rings. The second kappa shape index (κ2) is 10.7. The van der Waals surface area contributed by atoms with Gasteiger partial charge in [0.2, 0.25) is 0 Å². The van der Waals surface area contributed by atoms with Crippen LogP contribution in [0.4, 0.5) is 0 Å². The molecule has 3 unspecified atom stereocenters. The number of nitrogens with zero attached hydrogens (tertiary/aromatic N) is 1. The van der Waals surface area contributed by atoms with Crippen molar-refractivity contribution in [2.45, 2.75) is 84.8 Å². The van der Waals surface area contributed by atoms with Crippen LogP contribution in [-0.4, -0.2) is 29.8 Å². The fraction of sp³-hybridized carbons (Fsp3) is 0.941. The van der Waals surface area contributed by atoms with E-state index < -0.39 is 0 Å². The van der Waals surface area contributed by atoms with Crippen molar-refractivity contribution in [2.24, 2.45) is 22.1 Å². The number of rotatable bonds is 7. The highest BCUT2D eigenvalue weighted by atomic mass is 127. The van der Waals surface area contributed by atoms with E-state index in [1.807, 2.05) is 0 Å².